The van der Waals surface area contributed by atoms with E-state index in [0.29, 0.717) is 19.4 Å². The summed E-state index contributed by atoms with van der Waals surface area (Å²) in [6.07, 6.45) is 2.13. The highest BCUT2D eigenvalue weighted by Crippen LogP contribution is 2.33. The van der Waals surface area contributed by atoms with E-state index >= 15 is 0 Å². The molecule has 0 aliphatic heterocycles. The van der Waals surface area contributed by atoms with Crippen LogP contribution in [-0.2, 0) is 0 Å². The second-order valence-electron chi connectivity index (χ2n) is 3.98. The smallest absolute Gasteiger partial charge is 0.151 e. The highest BCUT2D eigenvalue weighted by atomic mass is 19.1. The Morgan fingerprint density at radius 3 is 2.39 bits per heavy atom. The van der Waals surface area contributed by atoms with Crippen LogP contribution in [-0.4, -0.2) is 13.1 Å². The summed E-state index contributed by atoms with van der Waals surface area (Å²) in [6.45, 7) is 3.87. The van der Waals surface area contributed by atoms with Crippen molar-refractivity contribution in [3.63, 3.8) is 0 Å². The third-order valence-corrected chi connectivity index (χ3v) is 3.02. The standard InChI is InChI=1S/C13H17FN4/c1-3-12(14)9-18-6-5-13(4-2,10-17)11(7-15)8-16/h3,11,18H,4-6,9H2,1-2H3/b12-3+. The van der Waals surface area contributed by atoms with Gasteiger partial charge in [0, 0.05) is 6.54 Å². The third kappa shape index (κ3) is 4.17. The summed E-state index contributed by atoms with van der Waals surface area (Å²) < 4.78 is 12.8. The zero-order chi connectivity index (χ0) is 14.0. The van der Waals surface area contributed by atoms with Crippen molar-refractivity contribution in [1.29, 1.82) is 15.8 Å². The molecule has 0 radical (unpaired) electrons. The van der Waals surface area contributed by atoms with Crippen molar-refractivity contribution in [2.24, 2.45) is 11.3 Å². The maximum absolute atomic E-state index is 12.8. The minimum absolute atomic E-state index is 0.103. The summed E-state index contributed by atoms with van der Waals surface area (Å²) in [4.78, 5) is 0. The van der Waals surface area contributed by atoms with Gasteiger partial charge in [0.15, 0.2) is 5.92 Å². The molecular weight excluding hydrogens is 231 g/mol. The molecule has 0 saturated heterocycles. The number of hydrogen-bond acceptors (Lipinski definition) is 4. The van der Waals surface area contributed by atoms with Crippen LogP contribution >= 0.6 is 0 Å². The lowest BCUT2D eigenvalue weighted by molar-refractivity contribution is 0.299. The van der Waals surface area contributed by atoms with Crippen molar-refractivity contribution in [1.82, 2.24) is 5.32 Å². The van der Waals surface area contributed by atoms with Crippen LogP contribution in [0.5, 0.6) is 0 Å². The molecule has 0 aliphatic rings. The van der Waals surface area contributed by atoms with Gasteiger partial charge in [0.25, 0.3) is 0 Å². The van der Waals surface area contributed by atoms with Gasteiger partial charge in [-0.3, -0.25) is 0 Å². The second kappa shape index (κ2) is 8.23. The van der Waals surface area contributed by atoms with Crippen molar-refractivity contribution in [3.05, 3.63) is 11.9 Å². The molecule has 0 saturated carbocycles. The fourth-order valence-electron chi connectivity index (χ4n) is 1.62. The van der Waals surface area contributed by atoms with Crippen molar-refractivity contribution >= 4 is 0 Å². The molecule has 1 unspecified atom stereocenters. The van der Waals surface area contributed by atoms with E-state index in [-0.39, 0.29) is 12.4 Å². The Morgan fingerprint density at radius 1 is 1.39 bits per heavy atom. The molecular formula is C13H17FN4. The Morgan fingerprint density at radius 2 is 2.00 bits per heavy atom. The molecule has 0 heterocycles. The Bertz CT molecular complexity index is 396. The number of allylic oxidation sites excluding steroid dienone is 1. The molecule has 18 heavy (non-hydrogen) atoms. The Hall–Kier alpha value is -1.90. The normalized spacial score (nSPS) is 14.4. The van der Waals surface area contributed by atoms with E-state index in [4.69, 9.17) is 10.5 Å². The van der Waals surface area contributed by atoms with E-state index in [9.17, 15) is 9.65 Å². The van der Waals surface area contributed by atoms with E-state index in [0.717, 1.165) is 0 Å². The summed E-state index contributed by atoms with van der Waals surface area (Å²) in [5.41, 5.74) is -0.983. The van der Waals surface area contributed by atoms with Crippen molar-refractivity contribution in [3.8, 4) is 18.2 Å². The monoisotopic (exact) mass is 248 g/mol. The fraction of sp³-hybridized carbons (Fsp3) is 0.615. The molecule has 0 aromatic heterocycles. The van der Waals surface area contributed by atoms with Crippen LogP contribution in [0.1, 0.15) is 26.7 Å². The Kier molecular flexibility index (Phi) is 7.36. The van der Waals surface area contributed by atoms with Gasteiger partial charge in [0.2, 0.25) is 0 Å². The first-order valence-corrected chi connectivity index (χ1v) is 5.82. The van der Waals surface area contributed by atoms with Crippen molar-refractivity contribution in [2.75, 3.05) is 13.1 Å². The molecule has 1 atom stereocenters. The van der Waals surface area contributed by atoms with Crippen molar-refractivity contribution < 1.29 is 4.39 Å². The fourth-order valence-corrected chi connectivity index (χ4v) is 1.62. The number of rotatable bonds is 7. The topological polar surface area (TPSA) is 83.4 Å². The minimum atomic E-state index is -0.983. The van der Waals surface area contributed by atoms with Crippen LogP contribution in [0.4, 0.5) is 4.39 Å². The van der Waals surface area contributed by atoms with E-state index < -0.39 is 11.3 Å². The van der Waals surface area contributed by atoms with Crippen LogP contribution in [0, 0.1) is 45.3 Å². The van der Waals surface area contributed by atoms with Gasteiger partial charge in [-0.1, -0.05) is 13.0 Å². The van der Waals surface area contributed by atoms with Gasteiger partial charge >= 0.3 is 0 Å². The summed E-state index contributed by atoms with van der Waals surface area (Å²) in [5.74, 6) is -1.23. The molecule has 0 fully saturated rings. The molecule has 0 amide bonds. The van der Waals surface area contributed by atoms with E-state index in [2.05, 4.69) is 11.4 Å². The highest BCUT2D eigenvalue weighted by molar-refractivity contribution is 5.17. The Balaban J connectivity index is 4.53. The Labute approximate surface area is 107 Å². The van der Waals surface area contributed by atoms with Gasteiger partial charge < -0.3 is 5.32 Å². The zero-order valence-corrected chi connectivity index (χ0v) is 10.7. The lowest BCUT2D eigenvalue weighted by Gasteiger charge is -2.25. The van der Waals surface area contributed by atoms with Crippen LogP contribution in [0.2, 0.25) is 0 Å². The number of nitrogens with zero attached hydrogens (tertiary/aromatic N) is 3. The molecule has 1 N–H and O–H groups in total. The van der Waals surface area contributed by atoms with Gasteiger partial charge in [-0.25, -0.2) is 4.39 Å². The number of nitriles is 3. The summed E-state index contributed by atoms with van der Waals surface area (Å²) in [5, 5.41) is 29.8. The first-order chi connectivity index (χ1) is 8.60. The second-order valence-corrected chi connectivity index (χ2v) is 3.98. The van der Waals surface area contributed by atoms with Gasteiger partial charge in [-0.2, -0.15) is 15.8 Å². The lowest BCUT2D eigenvalue weighted by Crippen LogP contribution is -2.31. The summed E-state index contributed by atoms with van der Waals surface area (Å²) >= 11 is 0. The van der Waals surface area contributed by atoms with Crippen LogP contribution < -0.4 is 5.32 Å². The third-order valence-electron chi connectivity index (χ3n) is 3.02. The number of hydrogen-bond donors (Lipinski definition) is 1. The van der Waals surface area contributed by atoms with E-state index in [1.165, 1.54) is 6.08 Å². The molecule has 5 heteroatoms. The average molecular weight is 248 g/mol. The molecule has 0 bridgehead atoms. The molecule has 0 aromatic rings. The maximum Gasteiger partial charge on any atom is 0.151 e. The molecule has 4 nitrogen and oxygen atoms in total. The molecule has 0 rings (SSSR count). The van der Waals surface area contributed by atoms with Gasteiger partial charge in [-0.15, -0.1) is 0 Å². The lowest BCUT2D eigenvalue weighted by atomic mass is 9.73. The number of halogens is 1. The van der Waals surface area contributed by atoms with Crippen LogP contribution in [0.15, 0.2) is 11.9 Å². The molecule has 0 aromatic carbocycles. The predicted octanol–water partition coefficient (Wildman–Crippen LogP) is 2.42. The average Bonchev–Trinajstić information content (AvgIpc) is 2.42. The van der Waals surface area contributed by atoms with E-state index in [1.54, 1.807) is 13.8 Å². The number of nitrogens with one attached hydrogen (secondary N) is 1. The first-order valence-electron chi connectivity index (χ1n) is 5.82. The molecule has 96 valence electrons. The largest absolute Gasteiger partial charge is 0.310 e. The zero-order valence-electron chi connectivity index (χ0n) is 10.7. The minimum Gasteiger partial charge on any atom is -0.310 e. The highest BCUT2D eigenvalue weighted by Gasteiger charge is 2.37. The summed E-state index contributed by atoms with van der Waals surface area (Å²) in [7, 11) is 0. The predicted molar refractivity (Wildman–Crippen MR) is 65.4 cm³/mol. The summed E-state index contributed by atoms with van der Waals surface area (Å²) in [6, 6.07) is 5.79. The van der Waals surface area contributed by atoms with Crippen LogP contribution in [0.3, 0.4) is 0 Å². The van der Waals surface area contributed by atoms with Gasteiger partial charge in [0.05, 0.1) is 23.6 Å². The molecule has 0 aliphatic carbocycles. The van der Waals surface area contributed by atoms with Gasteiger partial charge in [0.1, 0.15) is 5.83 Å². The van der Waals surface area contributed by atoms with Crippen LogP contribution in [0.25, 0.3) is 0 Å². The maximum atomic E-state index is 12.8. The molecule has 0 spiro atoms. The quantitative estimate of drug-likeness (QED) is 0.701. The van der Waals surface area contributed by atoms with Gasteiger partial charge in [-0.05, 0) is 26.3 Å². The van der Waals surface area contributed by atoms with E-state index in [1.807, 2.05) is 12.1 Å². The SMILES string of the molecule is C/C=C(/F)CNCCC(C#N)(CC)C(C#N)C#N. The van der Waals surface area contributed by atoms with Crippen molar-refractivity contribution in [2.45, 2.75) is 26.7 Å². The first kappa shape index (κ1) is 16.1.